The van der Waals surface area contributed by atoms with Crippen LogP contribution in [0.2, 0.25) is 0 Å². The monoisotopic (exact) mass is 465 g/mol. The molecule has 0 saturated carbocycles. The first-order valence-electron chi connectivity index (χ1n) is 9.81. The van der Waals surface area contributed by atoms with Crippen LogP contribution >= 0.6 is 15.9 Å². The van der Waals surface area contributed by atoms with Crippen LogP contribution < -0.4 is 20.1 Å². The molecular formula is C22H30BrN2O4+. The minimum absolute atomic E-state index is 0.0779. The molecule has 2 rings (SSSR count). The van der Waals surface area contributed by atoms with E-state index in [1.165, 1.54) is 5.56 Å². The van der Waals surface area contributed by atoms with Gasteiger partial charge < -0.3 is 25.2 Å². The van der Waals surface area contributed by atoms with E-state index in [1.807, 2.05) is 42.5 Å². The Balaban J connectivity index is 1.87. The summed E-state index contributed by atoms with van der Waals surface area (Å²) in [6.07, 6.45) is 1.67. The number of benzene rings is 2. The third-order valence-electron chi connectivity index (χ3n) is 4.70. The number of aliphatic hydroxyl groups is 1. The predicted molar refractivity (Wildman–Crippen MR) is 116 cm³/mol. The summed E-state index contributed by atoms with van der Waals surface area (Å²) < 4.78 is 12.0. The molecule has 0 bridgehead atoms. The van der Waals surface area contributed by atoms with E-state index in [2.05, 4.69) is 33.5 Å². The standard InChI is InChI=1S/C22H29BrN2O4/c1-3-18(14-26)25-13-17-11-20(28-2)21(12-19(17)23)29-15-22(27)24-10-9-16-7-5-4-6-8-16/h4-8,11-12,18,25-26H,3,9-10,13-15H2,1-2H3,(H,24,27)/p+1/t18-/m0/s1. The number of quaternary nitrogens is 1. The topological polar surface area (TPSA) is 84.4 Å². The van der Waals surface area contributed by atoms with Gasteiger partial charge in [-0.25, -0.2) is 0 Å². The van der Waals surface area contributed by atoms with Crippen LogP contribution in [0.5, 0.6) is 11.5 Å². The van der Waals surface area contributed by atoms with Crippen molar-refractivity contribution in [1.82, 2.24) is 5.32 Å². The molecule has 158 valence electrons. The molecule has 1 amide bonds. The van der Waals surface area contributed by atoms with Gasteiger partial charge in [-0.15, -0.1) is 0 Å². The number of nitrogens with two attached hydrogens (primary N) is 1. The maximum atomic E-state index is 12.1. The maximum Gasteiger partial charge on any atom is 0.257 e. The molecule has 2 aromatic carbocycles. The summed E-state index contributed by atoms with van der Waals surface area (Å²) >= 11 is 3.56. The number of aliphatic hydroxyl groups excluding tert-OH is 1. The van der Waals surface area contributed by atoms with Crippen LogP contribution in [0.3, 0.4) is 0 Å². The Hall–Kier alpha value is -2.09. The maximum absolute atomic E-state index is 12.1. The first-order valence-corrected chi connectivity index (χ1v) is 10.6. The minimum atomic E-state index is -0.176. The molecule has 2 aromatic rings. The van der Waals surface area contributed by atoms with Gasteiger partial charge in [-0.1, -0.05) is 53.2 Å². The summed E-state index contributed by atoms with van der Waals surface area (Å²) in [6, 6.07) is 13.9. The van der Waals surface area contributed by atoms with E-state index in [-0.39, 0.29) is 25.2 Å². The highest BCUT2D eigenvalue weighted by Gasteiger charge is 2.15. The van der Waals surface area contributed by atoms with Gasteiger partial charge in [0.1, 0.15) is 12.6 Å². The molecular weight excluding hydrogens is 436 g/mol. The lowest BCUT2D eigenvalue weighted by Crippen LogP contribution is -2.89. The lowest BCUT2D eigenvalue weighted by molar-refractivity contribution is -0.706. The van der Waals surface area contributed by atoms with Crippen LogP contribution in [-0.2, 0) is 17.8 Å². The number of rotatable bonds is 12. The number of halogens is 1. The molecule has 29 heavy (non-hydrogen) atoms. The SMILES string of the molecule is CC[C@@H](CO)[NH2+]Cc1cc(OC)c(OCC(=O)NCCc2ccccc2)cc1Br. The van der Waals surface area contributed by atoms with Gasteiger partial charge in [0.05, 0.1) is 13.7 Å². The second-order valence-electron chi connectivity index (χ2n) is 6.76. The van der Waals surface area contributed by atoms with E-state index in [0.29, 0.717) is 24.6 Å². The Labute approximate surface area is 180 Å². The third kappa shape index (κ3) is 7.68. The van der Waals surface area contributed by atoms with Crippen LogP contribution in [0.25, 0.3) is 0 Å². The number of nitrogens with one attached hydrogen (secondary N) is 1. The van der Waals surface area contributed by atoms with Crippen molar-refractivity contribution in [2.24, 2.45) is 0 Å². The van der Waals surface area contributed by atoms with Crippen LogP contribution in [0, 0.1) is 0 Å². The normalized spacial score (nSPS) is 11.7. The lowest BCUT2D eigenvalue weighted by Gasteiger charge is -2.15. The fourth-order valence-electron chi connectivity index (χ4n) is 2.86. The van der Waals surface area contributed by atoms with E-state index < -0.39 is 0 Å². The second-order valence-corrected chi connectivity index (χ2v) is 7.61. The molecule has 0 aliphatic heterocycles. The van der Waals surface area contributed by atoms with E-state index in [1.54, 1.807) is 7.11 Å². The molecule has 0 heterocycles. The smallest absolute Gasteiger partial charge is 0.257 e. The molecule has 0 radical (unpaired) electrons. The Morgan fingerprint density at radius 1 is 1.24 bits per heavy atom. The molecule has 0 aromatic heterocycles. The fourth-order valence-corrected chi connectivity index (χ4v) is 3.34. The number of ether oxygens (including phenoxy) is 2. The van der Waals surface area contributed by atoms with Crippen molar-refractivity contribution in [3.8, 4) is 11.5 Å². The van der Waals surface area contributed by atoms with Gasteiger partial charge in [-0.05, 0) is 30.5 Å². The summed E-state index contributed by atoms with van der Waals surface area (Å²) in [5.74, 6) is 0.909. The summed E-state index contributed by atoms with van der Waals surface area (Å²) in [6.45, 7) is 3.38. The Bertz CT molecular complexity index is 767. The van der Waals surface area contributed by atoms with Gasteiger partial charge in [0.2, 0.25) is 0 Å². The largest absolute Gasteiger partial charge is 0.493 e. The minimum Gasteiger partial charge on any atom is -0.493 e. The first-order chi connectivity index (χ1) is 14.1. The fraction of sp³-hybridized carbons (Fsp3) is 0.409. The van der Waals surface area contributed by atoms with E-state index in [4.69, 9.17) is 9.47 Å². The third-order valence-corrected chi connectivity index (χ3v) is 5.44. The lowest BCUT2D eigenvalue weighted by atomic mass is 10.1. The van der Waals surface area contributed by atoms with Gasteiger partial charge in [-0.3, -0.25) is 4.79 Å². The van der Waals surface area contributed by atoms with Crippen molar-refractivity contribution < 1.29 is 24.7 Å². The van der Waals surface area contributed by atoms with Gasteiger partial charge >= 0.3 is 0 Å². The zero-order valence-corrected chi connectivity index (χ0v) is 18.6. The summed E-state index contributed by atoms with van der Waals surface area (Å²) in [7, 11) is 1.58. The molecule has 0 fully saturated rings. The highest BCUT2D eigenvalue weighted by molar-refractivity contribution is 9.10. The summed E-state index contributed by atoms with van der Waals surface area (Å²) in [5.41, 5.74) is 2.21. The average molecular weight is 466 g/mol. The van der Waals surface area contributed by atoms with Crippen LogP contribution in [-0.4, -0.2) is 43.9 Å². The molecule has 7 heteroatoms. The Morgan fingerprint density at radius 3 is 2.66 bits per heavy atom. The molecule has 0 aliphatic carbocycles. The predicted octanol–water partition coefficient (Wildman–Crippen LogP) is 2.03. The first kappa shape index (κ1) is 23.2. The summed E-state index contributed by atoms with van der Waals surface area (Å²) in [4.78, 5) is 12.1. The van der Waals surface area contributed by atoms with Crippen molar-refractivity contribution in [3.63, 3.8) is 0 Å². The van der Waals surface area contributed by atoms with E-state index >= 15 is 0 Å². The Kier molecular flexibility index (Phi) is 9.97. The number of carbonyl (C=O) groups excluding carboxylic acids is 1. The summed E-state index contributed by atoms with van der Waals surface area (Å²) in [5, 5.41) is 14.3. The van der Waals surface area contributed by atoms with Crippen molar-refractivity contribution in [3.05, 3.63) is 58.1 Å². The second kappa shape index (κ2) is 12.5. The van der Waals surface area contributed by atoms with E-state index in [9.17, 15) is 9.90 Å². The van der Waals surface area contributed by atoms with Crippen LogP contribution in [0.15, 0.2) is 46.9 Å². The molecule has 0 spiro atoms. The van der Waals surface area contributed by atoms with Crippen molar-refractivity contribution in [2.45, 2.75) is 32.4 Å². The average Bonchev–Trinajstić information content (AvgIpc) is 2.74. The van der Waals surface area contributed by atoms with Crippen molar-refractivity contribution in [2.75, 3.05) is 26.9 Å². The zero-order valence-electron chi connectivity index (χ0n) is 17.0. The highest BCUT2D eigenvalue weighted by Crippen LogP contribution is 2.33. The molecule has 0 saturated heterocycles. The van der Waals surface area contributed by atoms with Crippen molar-refractivity contribution in [1.29, 1.82) is 0 Å². The molecule has 0 unspecified atom stereocenters. The molecule has 1 atom stereocenters. The number of methoxy groups -OCH3 is 1. The van der Waals surface area contributed by atoms with Crippen LogP contribution in [0.4, 0.5) is 0 Å². The van der Waals surface area contributed by atoms with Gasteiger partial charge in [0.15, 0.2) is 18.1 Å². The number of hydrogen-bond acceptors (Lipinski definition) is 4. The van der Waals surface area contributed by atoms with Gasteiger partial charge in [0.25, 0.3) is 5.91 Å². The molecule has 6 nitrogen and oxygen atoms in total. The van der Waals surface area contributed by atoms with E-state index in [0.717, 1.165) is 22.9 Å². The number of hydrogen-bond donors (Lipinski definition) is 3. The zero-order chi connectivity index (χ0) is 21.1. The quantitative estimate of drug-likeness (QED) is 0.447. The van der Waals surface area contributed by atoms with Crippen molar-refractivity contribution >= 4 is 21.8 Å². The Morgan fingerprint density at radius 2 is 2.00 bits per heavy atom. The van der Waals surface area contributed by atoms with Gasteiger partial charge in [0, 0.05) is 16.6 Å². The molecule has 4 N–H and O–H groups in total. The number of amides is 1. The highest BCUT2D eigenvalue weighted by atomic mass is 79.9. The number of carbonyl (C=O) groups is 1. The molecule has 0 aliphatic rings. The van der Waals surface area contributed by atoms with Gasteiger partial charge in [-0.2, -0.15) is 0 Å². The van der Waals surface area contributed by atoms with Crippen LogP contribution in [0.1, 0.15) is 24.5 Å².